The van der Waals surface area contributed by atoms with E-state index in [2.05, 4.69) is 4.98 Å². The highest BCUT2D eigenvalue weighted by molar-refractivity contribution is 6.36. The van der Waals surface area contributed by atoms with Crippen molar-refractivity contribution in [2.75, 3.05) is 18.0 Å². The van der Waals surface area contributed by atoms with Crippen molar-refractivity contribution in [2.45, 2.75) is 18.9 Å². The van der Waals surface area contributed by atoms with Crippen LogP contribution in [0.4, 0.5) is 5.82 Å². The van der Waals surface area contributed by atoms with E-state index in [1.165, 1.54) is 0 Å². The maximum atomic E-state index is 9.55. The molecule has 15 heavy (non-hydrogen) atoms. The number of aromatic nitrogens is 1. The van der Waals surface area contributed by atoms with E-state index < -0.39 is 0 Å². The molecule has 1 aliphatic heterocycles. The lowest BCUT2D eigenvalue weighted by Gasteiger charge is -2.31. The Hall–Kier alpha value is -0.510. The Balaban J connectivity index is 2.21. The van der Waals surface area contributed by atoms with Gasteiger partial charge >= 0.3 is 0 Å². The number of aliphatic hydroxyl groups is 1. The predicted octanol–water partition coefficient (Wildman–Crippen LogP) is 2.35. The van der Waals surface area contributed by atoms with Gasteiger partial charge < -0.3 is 10.0 Å². The third kappa shape index (κ3) is 2.54. The van der Waals surface area contributed by atoms with Crippen LogP contribution in [0.15, 0.2) is 12.3 Å². The van der Waals surface area contributed by atoms with Gasteiger partial charge in [0.15, 0.2) is 0 Å². The van der Waals surface area contributed by atoms with Gasteiger partial charge in [-0.3, -0.25) is 0 Å². The molecule has 2 heterocycles. The van der Waals surface area contributed by atoms with Gasteiger partial charge in [0.2, 0.25) is 0 Å². The molecule has 1 aliphatic rings. The van der Waals surface area contributed by atoms with Crippen LogP contribution in [-0.4, -0.2) is 29.3 Å². The number of hydrogen-bond acceptors (Lipinski definition) is 3. The molecule has 0 radical (unpaired) electrons. The third-order valence-electron chi connectivity index (χ3n) is 2.48. The molecule has 5 heteroatoms. The largest absolute Gasteiger partial charge is 0.391 e. The second-order valence-corrected chi connectivity index (χ2v) is 4.54. The molecular formula is C10H12Cl2N2O. The van der Waals surface area contributed by atoms with Crippen LogP contribution >= 0.6 is 23.2 Å². The second-order valence-electron chi connectivity index (χ2n) is 3.70. The first-order valence-corrected chi connectivity index (χ1v) is 5.66. The van der Waals surface area contributed by atoms with E-state index in [4.69, 9.17) is 23.2 Å². The molecule has 0 aliphatic carbocycles. The fourth-order valence-electron chi connectivity index (χ4n) is 1.79. The summed E-state index contributed by atoms with van der Waals surface area (Å²) in [5.41, 5.74) is 0. The minimum absolute atomic E-state index is 0.285. The highest BCUT2D eigenvalue weighted by atomic mass is 35.5. The molecule has 1 aromatic heterocycles. The van der Waals surface area contributed by atoms with Crippen molar-refractivity contribution in [3.63, 3.8) is 0 Å². The maximum absolute atomic E-state index is 9.55. The van der Waals surface area contributed by atoms with Gasteiger partial charge in [-0.25, -0.2) is 4.98 Å². The number of piperidine rings is 1. The van der Waals surface area contributed by atoms with Gasteiger partial charge in [0.1, 0.15) is 5.82 Å². The Kier molecular flexibility index (Phi) is 3.34. The van der Waals surface area contributed by atoms with Crippen LogP contribution in [0.5, 0.6) is 0 Å². The van der Waals surface area contributed by atoms with Crippen LogP contribution in [-0.2, 0) is 0 Å². The summed E-state index contributed by atoms with van der Waals surface area (Å²) in [6, 6.07) is 1.67. The fraction of sp³-hybridized carbons (Fsp3) is 0.500. The molecule has 1 N–H and O–H groups in total. The summed E-state index contributed by atoms with van der Waals surface area (Å²) in [6.45, 7) is 1.47. The number of β-amino-alcohol motifs (C(OH)–C–C–N with tert-alkyl or cyclic N) is 1. The van der Waals surface area contributed by atoms with E-state index in [9.17, 15) is 5.11 Å². The molecular weight excluding hydrogens is 235 g/mol. The van der Waals surface area contributed by atoms with Gasteiger partial charge in [-0.2, -0.15) is 0 Å². The van der Waals surface area contributed by atoms with Crippen molar-refractivity contribution in [2.24, 2.45) is 0 Å². The molecule has 1 saturated heterocycles. The smallest absolute Gasteiger partial charge is 0.147 e. The van der Waals surface area contributed by atoms with E-state index in [-0.39, 0.29) is 6.10 Å². The van der Waals surface area contributed by atoms with Crippen molar-refractivity contribution >= 4 is 29.0 Å². The molecule has 1 atom stereocenters. The number of anilines is 1. The van der Waals surface area contributed by atoms with E-state index in [1.54, 1.807) is 12.3 Å². The number of nitrogens with zero attached hydrogens (tertiary/aromatic N) is 2. The first kappa shape index (κ1) is 11.0. The standard InChI is InChI=1S/C10H12Cl2N2O/c11-7-4-9(12)10(13-5-7)14-3-1-2-8(15)6-14/h4-5,8,15H,1-3,6H2. The lowest BCUT2D eigenvalue weighted by Crippen LogP contribution is -2.38. The second kappa shape index (κ2) is 4.56. The summed E-state index contributed by atoms with van der Waals surface area (Å²) in [6.07, 6.45) is 3.10. The van der Waals surface area contributed by atoms with Gasteiger partial charge in [0, 0.05) is 19.3 Å². The SMILES string of the molecule is OC1CCCN(c2ncc(Cl)cc2Cl)C1. The van der Waals surface area contributed by atoms with Crippen LogP contribution in [0.2, 0.25) is 10.0 Å². The van der Waals surface area contributed by atoms with E-state index >= 15 is 0 Å². The summed E-state index contributed by atoms with van der Waals surface area (Å²) in [4.78, 5) is 6.18. The Morgan fingerprint density at radius 3 is 2.93 bits per heavy atom. The zero-order chi connectivity index (χ0) is 10.8. The number of aliphatic hydroxyl groups excluding tert-OH is 1. The van der Waals surface area contributed by atoms with Crippen LogP contribution < -0.4 is 4.90 Å². The molecule has 82 valence electrons. The first-order chi connectivity index (χ1) is 7.16. The van der Waals surface area contributed by atoms with Crippen molar-refractivity contribution < 1.29 is 5.11 Å². The van der Waals surface area contributed by atoms with Crippen molar-refractivity contribution in [1.29, 1.82) is 0 Å². The minimum Gasteiger partial charge on any atom is -0.391 e. The van der Waals surface area contributed by atoms with Crippen molar-refractivity contribution in [3.05, 3.63) is 22.3 Å². The molecule has 0 amide bonds. The Morgan fingerprint density at radius 1 is 1.47 bits per heavy atom. The lowest BCUT2D eigenvalue weighted by atomic mass is 10.1. The van der Waals surface area contributed by atoms with E-state index in [1.807, 2.05) is 4.90 Å². The highest BCUT2D eigenvalue weighted by Gasteiger charge is 2.20. The summed E-state index contributed by atoms with van der Waals surface area (Å²) >= 11 is 11.8. The highest BCUT2D eigenvalue weighted by Crippen LogP contribution is 2.27. The molecule has 0 bridgehead atoms. The van der Waals surface area contributed by atoms with Crippen LogP contribution in [0.1, 0.15) is 12.8 Å². The Bertz CT molecular complexity index is 359. The first-order valence-electron chi connectivity index (χ1n) is 4.91. The van der Waals surface area contributed by atoms with E-state index in [0.717, 1.165) is 19.4 Å². The summed E-state index contributed by atoms with van der Waals surface area (Å²) in [5, 5.41) is 10.6. The van der Waals surface area contributed by atoms with Crippen molar-refractivity contribution in [3.8, 4) is 0 Å². The van der Waals surface area contributed by atoms with Crippen LogP contribution in [0.25, 0.3) is 0 Å². The summed E-state index contributed by atoms with van der Waals surface area (Å²) in [7, 11) is 0. The number of hydrogen-bond donors (Lipinski definition) is 1. The van der Waals surface area contributed by atoms with Crippen molar-refractivity contribution in [1.82, 2.24) is 4.98 Å². The number of halogens is 2. The average Bonchev–Trinajstić information content (AvgIpc) is 2.17. The quantitative estimate of drug-likeness (QED) is 0.827. The molecule has 1 fully saturated rings. The molecule has 0 spiro atoms. The number of rotatable bonds is 1. The van der Waals surface area contributed by atoms with Gasteiger partial charge in [-0.1, -0.05) is 23.2 Å². The lowest BCUT2D eigenvalue weighted by molar-refractivity contribution is 0.154. The summed E-state index contributed by atoms with van der Waals surface area (Å²) in [5.74, 6) is 0.708. The Labute approximate surface area is 98.6 Å². The predicted molar refractivity (Wildman–Crippen MR) is 61.7 cm³/mol. The Morgan fingerprint density at radius 2 is 2.27 bits per heavy atom. The molecule has 3 nitrogen and oxygen atoms in total. The third-order valence-corrected chi connectivity index (χ3v) is 2.97. The zero-order valence-electron chi connectivity index (χ0n) is 8.16. The normalized spacial score (nSPS) is 21.8. The molecule has 2 rings (SSSR count). The van der Waals surface area contributed by atoms with Gasteiger partial charge in [0.25, 0.3) is 0 Å². The van der Waals surface area contributed by atoms with Gasteiger partial charge in [-0.15, -0.1) is 0 Å². The minimum atomic E-state index is -0.285. The topological polar surface area (TPSA) is 36.4 Å². The summed E-state index contributed by atoms with van der Waals surface area (Å²) < 4.78 is 0. The van der Waals surface area contributed by atoms with Gasteiger partial charge in [0.05, 0.1) is 16.1 Å². The monoisotopic (exact) mass is 246 g/mol. The van der Waals surface area contributed by atoms with E-state index in [0.29, 0.717) is 22.4 Å². The molecule has 0 saturated carbocycles. The molecule has 0 aromatic carbocycles. The fourth-order valence-corrected chi connectivity index (χ4v) is 2.29. The van der Waals surface area contributed by atoms with Gasteiger partial charge in [-0.05, 0) is 18.9 Å². The average molecular weight is 247 g/mol. The molecule has 1 aromatic rings. The van der Waals surface area contributed by atoms with Crippen LogP contribution in [0, 0.1) is 0 Å². The maximum Gasteiger partial charge on any atom is 0.147 e. The number of pyridine rings is 1. The molecule has 1 unspecified atom stereocenters. The zero-order valence-corrected chi connectivity index (χ0v) is 9.67. The van der Waals surface area contributed by atoms with Crippen LogP contribution in [0.3, 0.4) is 0 Å².